The van der Waals surface area contributed by atoms with Gasteiger partial charge in [0.15, 0.2) is 5.82 Å². The van der Waals surface area contributed by atoms with Crippen LogP contribution in [-0.2, 0) is 16.6 Å². The molecule has 0 aliphatic heterocycles. The van der Waals surface area contributed by atoms with Crippen LogP contribution in [0.1, 0.15) is 25.1 Å². The summed E-state index contributed by atoms with van der Waals surface area (Å²) in [6.07, 6.45) is 0.578. The Morgan fingerprint density at radius 1 is 1.41 bits per heavy atom. The molecule has 98 valence electrons. The molecule has 0 aliphatic rings. The van der Waals surface area contributed by atoms with Crippen LogP contribution in [0, 0.1) is 6.92 Å². The van der Waals surface area contributed by atoms with Crippen molar-refractivity contribution in [2.75, 3.05) is 18.8 Å². The predicted molar refractivity (Wildman–Crippen MR) is 62.8 cm³/mol. The number of sulfonamides is 1. The average Bonchev–Trinajstić information content (AvgIpc) is 2.68. The smallest absolute Gasteiger partial charge is 0.223 e. The molecule has 1 rings (SSSR count). The Balaban J connectivity index is 2.29. The zero-order valence-corrected chi connectivity index (χ0v) is 10.9. The fourth-order valence-corrected chi connectivity index (χ4v) is 2.24. The molecule has 0 fully saturated rings. The fourth-order valence-electron chi connectivity index (χ4n) is 1.22. The van der Waals surface area contributed by atoms with Gasteiger partial charge in [-0.05, 0) is 19.5 Å². The van der Waals surface area contributed by atoms with E-state index in [-0.39, 0.29) is 12.3 Å². The number of aromatic nitrogens is 2. The summed E-state index contributed by atoms with van der Waals surface area (Å²) in [7, 11) is -3.26. The Morgan fingerprint density at radius 3 is 2.76 bits per heavy atom. The van der Waals surface area contributed by atoms with Gasteiger partial charge in [-0.15, -0.1) is 0 Å². The standard InChI is InChI=1S/C9H18N4O3S/c1-3-10-5-4-6-17(14,15)11-7-9-12-8(2)16-13-9/h10-11H,3-7H2,1-2H3. The summed E-state index contributed by atoms with van der Waals surface area (Å²) in [4.78, 5) is 3.91. The van der Waals surface area contributed by atoms with Crippen LogP contribution in [-0.4, -0.2) is 37.4 Å². The molecule has 17 heavy (non-hydrogen) atoms. The highest BCUT2D eigenvalue weighted by Crippen LogP contribution is 1.96. The topological polar surface area (TPSA) is 97.1 Å². The van der Waals surface area contributed by atoms with E-state index in [9.17, 15) is 8.42 Å². The maximum atomic E-state index is 11.5. The molecule has 1 heterocycles. The highest BCUT2D eigenvalue weighted by Gasteiger charge is 2.11. The average molecular weight is 262 g/mol. The Morgan fingerprint density at radius 2 is 2.18 bits per heavy atom. The van der Waals surface area contributed by atoms with Crippen LogP contribution in [0.3, 0.4) is 0 Å². The molecule has 1 aromatic heterocycles. The molecule has 1 aromatic rings. The summed E-state index contributed by atoms with van der Waals surface area (Å²) in [5.74, 6) is 0.862. The van der Waals surface area contributed by atoms with Gasteiger partial charge in [0.1, 0.15) is 0 Å². The zero-order chi connectivity index (χ0) is 12.7. The van der Waals surface area contributed by atoms with Crippen molar-refractivity contribution >= 4 is 10.0 Å². The third-order valence-corrected chi connectivity index (χ3v) is 3.45. The third-order valence-electron chi connectivity index (χ3n) is 2.04. The van der Waals surface area contributed by atoms with Gasteiger partial charge < -0.3 is 9.84 Å². The van der Waals surface area contributed by atoms with Gasteiger partial charge in [-0.2, -0.15) is 4.98 Å². The van der Waals surface area contributed by atoms with Gasteiger partial charge in [-0.25, -0.2) is 13.1 Å². The van der Waals surface area contributed by atoms with Crippen LogP contribution in [0.25, 0.3) is 0 Å². The largest absolute Gasteiger partial charge is 0.340 e. The number of hydrogen-bond acceptors (Lipinski definition) is 6. The Bertz CT molecular complexity index is 429. The van der Waals surface area contributed by atoms with Crippen molar-refractivity contribution in [3.63, 3.8) is 0 Å². The summed E-state index contributed by atoms with van der Waals surface area (Å²) in [5.41, 5.74) is 0. The molecule has 0 aliphatic carbocycles. The van der Waals surface area contributed by atoms with Crippen molar-refractivity contribution in [1.29, 1.82) is 0 Å². The molecule has 0 atom stereocenters. The Labute approximate surface area is 101 Å². The quantitative estimate of drug-likeness (QED) is 0.630. The molecular formula is C9H18N4O3S. The van der Waals surface area contributed by atoms with Gasteiger partial charge in [0.2, 0.25) is 15.9 Å². The van der Waals surface area contributed by atoms with Crippen LogP contribution in [0.15, 0.2) is 4.52 Å². The van der Waals surface area contributed by atoms with Gasteiger partial charge in [-0.3, -0.25) is 0 Å². The van der Waals surface area contributed by atoms with Crippen LogP contribution in [0.4, 0.5) is 0 Å². The molecule has 0 spiro atoms. The summed E-state index contributed by atoms with van der Waals surface area (Å²) in [5, 5.41) is 6.67. The molecule has 7 nitrogen and oxygen atoms in total. The van der Waals surface area contributed by atoms with Crippen molar-refractivity contribution in [2.45, 2.75) is 26.8 Å². The molecular weight excluding hydrogens is 244 g/mol. The van der Waals surface area contributed by atoms with E-state index in [0.29, 0.717) is 24.7 Å². The first kappa shape index (κ1) is 14.1. The van der Waals surface area contributed by atoms with Gasteiger partial charge in [0, 0.05) is 6.92 Å². The van der Waals surface area contributed by atoms with Gasteiger partial charge in [0.25, 0.3) is 0 Å². The molecule has 0 amide bonds. The number of nitrogens with zero attached hydrogens (tertiary/aromatic N) is 2. The third kappa shape index (κ3) is 5.76. The molecule has 0 bridgehead atoms. The van der Waals surface area contributed by atoms with E-state index in [1.54, 1.807) is 6.92 Å². The van der Waals surface area contributed by atoms with Crippen molar-refractivity contribution in [3.05, 3.63) is 11.7 Å². The second-order valence-corrected chi connectivity index (χ2v) is 5.50. The first-order valence-corrected chi connectivity index (χ1v) is 7.16. The van der Waals surface area contributed by atoms with Crippen LogP contribution >= 0.6 is 0 Å². The first-order valence-electron chi connectivity index (χ1n) is 5.50. The van der Waals surface area contributed by atoms with Crippen LogP contribution in [0.2, 0.25) is 0 Å². The summed E-state index contributed by atoms with van der Waals surface area (Å²) >= 11 is 0. The second-order valence-electron chi connectivity index (χ2n) is 3.58. The van der Waals surface area contributed by atoms with Crippen molar-refractivity contribution in [1.82, 2.24) is 20.2 Å². The number of rotatable bonds is 8. The van der Waals surface area contributed by atoms with Crippen molar-refractivity contribution in [3.8, 4) is 0 Å². The van der Waals surface area contributed by atoms with E-state index in [1.807, 2.05) is 6.92 Å². The number of hydrogen-bond donors (Lipinski definition) is 2. The van der Waals surface area contributed by atoms with Gasteiger partial charge in [-0.1, -0.05) is 12.1 Å². The molecule has 0 aromatic carbocycles. The molecule has 0 saturated heterocycles. The lowest BCUT2D eigenvalue weighted by atomic mass is 10.5. The highest BCUT2D eigenvalue weighted by molar-refractivity contribution is 7.89. The normalized spacial score (nSPS) is 11.9. The van der Waals surface area contributed by atoms with E-state index < -0.39 is 10.0 Å². The van der Waals surface area contributed by atoms with Gasteiger partial charge >= 0.3 is 0 Å². The lowest BCUT2D eigenvalue weighted by Crippen LogP contribution is -2.28. The monoisotopic (exact) mass is 262 g/mol. The predicted octanol–water partition coefficient (Wildman–Crippen LogP) is -0.203. The SMILES string of the molecule is CCNCCCS(=O)(=O)NCc1noc(C)n1. The summed E-state index contributed by atoms with van der Waals surface area (Å²) in [6, 6.07) is 0. The molecule has 8 heteroatoms. The highest BCUT2D eigenvalue weighted by atomic mass is 32.2. The van der Waals surface area contributed by atoms with Crippen LogP contribution in [0.5, 0.6) is 0 Å². The lowest BCUT2D eigenvalue weighted by Gasteiger charge is -2.04. The minimum Gasteiger partial charge on any atom is -0.340 e. The molecule has 0 saturated carbocycles. The molecule has 2 N–H and O–H groups in total. The molecule has 0 radical (unpaired) electrons. The second kappa shape index (κ2) is 6.67. The Kier molecular flexibility index (Phi) is 5.52. The minimum atomic E-state index is -3.26. The molecule has 0 unspecified atom stereocenters. The Hall–Kier alpha value is -0.990. The maximum absolute atomic E-state index is 11.5. The summed E-state index contributed by atoms with van der Waals surface area (Å²) in [6.45, 7) is 5.24. The zero-order valence-electron chi connectivity index (χ0n) is 10.1. The number of nitrogens with one attached hydrogen (secondary N) is 2. The van der Waals surface area contributed by atoms with Crippen molar-refractivity contribution in [2.24, 2.45) is 0 Å². The van der Waals surface area contributed by atoms with Crippen molar-refractivity contribution < 1.29 is 12.9 Å². The van der Waals surface area contributed by atoms with E-state index >= 15 is 0 Å². The van der Waals surface area contributed by atoms with E-state index in [2.05, 4.69) is 20.2 Å². The fraction of sp³-hybridized carbons (Fsp3) is 0.778. The van der Waals surface area contributed by atoms with Gasteiger partial charge in [0.05, 0.1) is 12.3 Å². The minimum absolute atomic E-state index is 0.0703. The lowest BCUT2D eigenvalue weighted by molar-refractivity contribution is 0.387. The maximum Gasteiger partial charge on any atom is 0.223 e. The first-order chi connectivity index (χ1) is 8.03. The summed E-state index contributed by atoms with van der Waals surface area (Å²) < 4.78 is 30.3. The van der Waals surface area contributed by atoms with E-state index in [4.69, 9.17) is 4.52 Å². The van der Waals surface area contributed by atoms with Crippen LogP contribution < -0.4 is 10.0 Å². The van der Waals surface area contributed by atoms with E-state index in [0.717, 1.165) is 6.54 Å². The number of aryl methyl sites for hydroxylation is 1. The van der Waals surface area contributed by atoms with E-state index in [1.165, 1.54) is 0 Å².